The van der Waals surface area contributed by atoms with E-state index in [1.807, 2.05) is 30.3 Å². The fourth-order valence-corrected chi connectivity index (χ4v) is 1.62. The first kappa shape index (κ1) is 12.0. The van der Waals surface area contributed by atoms with Crippen molar-refractivity contribution in [2.24, 2.45) is 0 Å². The smallest absolute Gasteiger partial charge is 0.337 e. The lowest BCUT2D eigenvalue weighted by Crippen LogP contribution is -2.03. The van der Waals surface area contributed by atoms with Crippen molar-refractivity contribution in [3.63, 3.8) is 0 Å². The molecule has 0 fully saturated rings. The van der Waals surface area contributed by atoms with Gasteiger partial charge < -0.3 is 15.2 Å². The summed E-state index contributed by atoms with van der Waals surface area (Å²) < 4.78 is 5.09. The predicted octanol–water partition coefficient (Wildman–Crippen LogP) is 3.14. The number of carbonyl (C=O) groups is 1. The van der Waals surface area contributed by atoms with Crippen molar-refractivity contribution < 1.29 is 14.6 Å². The van der Waals surface area contributed by atoms with E-state index in [0.717, 1.165) is 5.69 Å². The Hall–Kier alpha value is -2.49. The number of nitrogens with one attached hydrogen (secondary N) is 1. The normalized spacial score (nSPS) is 9.83. The van der Waals surface area contributed by atoms with Gasteiger partial charge in [-0.05, 0) is 24.3 Å². The molecule has 0 bridgehead atoms. The molecule has 2 aromatic carbocycles. The first-order valence-electron chi connectivity index (χ1n) is 5.44. The number of benzene rings is 2. The zero-order chi connectivity index (χ0) is 13.0. The highest BCUT2D eigenvalue weighted by Gasteiger charge is 2.11. The Morgan fingerprint density at radius 3 is 2.50 bits per heavy atom. The fraction of sp³-hybridized carbons (Fsp3) is 0.0714. The summed E-state index contributed by atoms with van der Waals surface area (Å²) in [6.45, 7) is 0. The van der Waals surface area contributed by atoms with Crippen LogP contribution in [0, 0.1) is 0 Å². The summed E-state index contributed by atoms with van der Waals surface area (Å²) in [5, 5.41) is 12.2. The van der Waals surface area contributed by atoms with Crippen LogP contribution < -0.4 is 10.1 Å². The van der Waals surface area contributed by atoms with E-state index in [1.165, 1.54) is 6.07 Å². The van der Waals surface area contributed by atoms with Gasteiger partial charge in [0.2, 0.25) is 0 Å². The van der Waals surface area contributed by atoms with Crippen LogP contribution in [0.3, 0.4) is 0 Å². The molecule has 0 spiro atoms. The highest BCUT2D eigenvalue weighted by Crippen LogP contribution is 2.25. The Bertz CT molecular complexity index is 552. The Morgan fingerprint density at radius 2 is 1.89 bits per heavy atom. The number of carboxylic acids is 1. The fourth-order valence-electron chi connectivity index (χ4n) is 1.62. The summed E-state index contributed by atoms with van der Waals surface area (Å²) in [4.78, 5) is 11.1. The summed E-state index contributed by atoms with van der Waals surface area (Å²) in [7, 11) is 1.54. The van der Waals surface area contributed by atoms with Gasteiger partial charge in [0.25, 0.3) is 0 Å². The number of hydrogen-bond acceptors (Lipinski definition) is 3. The molecule has 0 aliphatic heterocycles. The van der Waals surface area contributed by atoms with E-state index in [4.69, 9.17) is 9.84 Å². The number of methoxy groups -OCH3 is 1. The van der Waals surface area contributed by atoms with E-state index < -0.39 is 5.97 Å². The molecule has 2 rings (SSSR count). The minimum atomic E-state index is -0.976. The highest BCUT2D eigenvalue weighted by atomic mass is 16.5. The van der Waals surface area contributed by atoms with E-state index in [0.29, 0.717) is 11.4 Å². The summed E-state index contributed by atoms with van der Waals surface area (Å²) in [5.41, 5.74) is 1.54. The number of aromatic carboxylic acids is 1. The third-order valence-corrected chi connectivity index (χ3v) is 2.51. The maximum Gasteiger partial charge on any atom is 0.337 e. The lowest BCUT2D eigenvalue weighted by Gasteiger charge is -2.11. The van der Waals surface area contributed by atoms with Crippen molar-refractivity contribution in [2.75, 3.05) is 12.4 Å². The second-order valence-corrected chi connectivity index (χ2v) is 3.71. The molecule has 0 aromatic heterocycles. The van der Waals surface area contributed by atoms with E-state index in [2.05, 4.69) is 5.32 Å². The maximum absolute atomic E-state index is 11.1. The molecule has 0 unspecified atom stereocenters. The molecule has 0 heterocycles. The van der Waals surface area contributed by atoms with Crippen LogP contribution in [0.1, 0.15) is 10.4 Å². The molecular formula is C14H13NO3. The average molecular weight is 243 g/mol. The standard InChI is InChI=1S/C14H13NO3/c1-18-11-7-8-12(14(16)17)13(9-11)15-10-5-3-2-4-6-10/h2-9,15H,1H3,(H,16,17). The Morgan fingerprint density at radius 1 is 1.17 bits per heavy atom. The van der Waals surface area contributed by atoms with E-state index in [-0.39, 0.29) is 5.56 Å². The first-order chi connectivity index (χ1) is 8.70. The maximum atomic E-state index is 11.1. The summed E-state index contributed by atoms with van der Waals surface area (Å²) in [5.74, 6) is -0.366. The minimum absolute atomic E-state index is 0.208. The largest absolute Gasteiger partial charge is 0.497 e. The van der Waals surface area contributed by atoms with Crippen LogP contribution in [0.25, 0.3) is 0 Å². The Balaban J connectivity index is 2.38. The zero-order valence-electron chi connectivity index (χ0n) is 9.88. The van der Waals surface area contributed by atoms with Crippen LogP contribution in [-0.4, -0.2) is 18.2 Å². The monoisotopic (exact) mass is 243 g/mol. The molecule has 0 amide bonds. The van der Waals surface area contributed by atoms with Gasteiger partial charge in [-0.15, -0.1) is 0 Å². The topological polar surface area (TPSA) is 58.6 Å². The van der Waals surface area contributed by atoms with Gasteiger partial charge in [-0.2, -0.15) is 0 Å². The molecule has 0 aliphatic carbocycles. The van der Waals surface area contributed by atoms with Crippen molar-refractivity contribution >= 4 is 17.3 Å². The van der Waals surface area contributed by atoms with E-state index >= 15 is 0 Å². The molecule has 2 aromatic rings. The van der Waals surface area contributed by atoms with Crippen molar-refractivity contribution in [3.8, 4) is 5.75 Å². The third-order valence-electron chi connectivity index (χ3n) is 2.51. The molecule has 0 radical (unpaired) electrons. The predicted molar refractivity (Wildman–Crippen MR) is 69.7 cm³/mol. The van der Waals surface area contributed by atoms with Crippen LogP contribution in [0.15, 0.2) is 48.5 Å². The SMILES string of the molecule is COc1ccc(C(=O)O)c(Nc2ccccc2)c1. The van der Waals surface area contributed by atoms with Gasteiger partial charge in [-0.1, -0.05) is 18.2 Å². The molecule has 2 N–H and O–H groups in total. The molecule has 4 heteroatoms. The number of ether oxygens (including phenoxy) is 1. The van der Waals surface area contributed by atoms with Crippen molar-refractivity contribution in [2.45, 2.75) is 0 Å². The van der Waals surface area contributed by atoms with Crippen molar-refractivity contribution in [1.29, 1.82) is 0 Å². The van der Waals surface area contributed by atoms with Crippen molar-refractivity contribution in [3.05, 3.63) is 54.1 Å². The van der Waals surface area contributed by atoms with Crippen LogP contribution in [-0.2, 0) is 0 Å². The van der Waals surface area contributed by atoms with Crippen LogP contribution in [0.2, 0.25) is 0 Å². The molecule has 0 atom stereocenters. The second-order valence-electron chi connectivity index (χ2n) is 3.71. The molecule has 92 valence electrons. The molecule has 0 saturated heterocycles. The van der Waals surface area contributed by atoms with Crippen LogP contribution in [0.4, 0.5) is 11.4 Å². The minimum Gasteiger partial charge on any atom is -0.497 e. The molecule has 0 saturated carbocycles. The van der Waals surface area contributed by atoms with E-state index in [1.54, 1.807) is 19.2 Å². The van der Waals surface area contributed by atoms with Crippen LogP contribution >= 0.6 is 0 Å². The Labute approximate surface area is 105 Å². The van der Waals surface area contributed by atoms with Crippen LogP contribution in [0.5, 0.6) is 5.75 Å². The lowest BCUT2D eigenvalue weighted by molar-refractivity contribution is 0.0698. The third kappa shape index (κ3) is 2.60. The number of para-hydroxylation sites is 1. The van der Waals surface area contributed by atoms with Gasteiger partial charge in [0.15, 0.2) is 0 Å². The van der Waals surface area contributed by atoms with E-state index in [9.17, 15) is 4.79 Å². The molecular weight excluding hydrogens is 230 g/mol. The molecule has 18 heavy (non-hydrogen) atoms. The summed E-state index contributed by atoms with van der Waals surface area (Å²) in [6.07, 6.45) is 0. The lowest BCUT2D eigenvalue weighted by atomic mass is 10.1. The molecule has 4 nitrogen and oxygen atoms in total. The quantitative estimate of drug-likeness (QED) is 0.866. The van der Waals surface area contributed by atoms with Gasteiger partial charge in [0.05, 0.1) is 18.4 Å². The summed E-state index contributed by atoms with van der Waals surface area (Å²) >= 11 is 0. The average Bonchev–Trinajstić information content (AvgIpc) is 2.39. The molecule has 0 aliphatic rings. The number of carboxylic acid groups (broad SMARTS) is 1. The number of rotatable bonds is 4. The van der Waals surface area contributed by atoms with Gasteiger partial charge in [-0.3, -0.25) is 0 Å². The number of anilines is 2. The first-order valence-corrected chi connectivity index (χ1v) is 5.44. The van der Waals surface area contributed by atoms with Gasteiger partial charge in [-0.25, -0.2) is 4.79 Å². The zero-order valence-corrected chi connectivity index (χ0v) is 9.88. The highest BCUT2D eigenvalue weighted by molar-refractivity contribution is 5.95. The Kier molecular flexibility index (Phi) is 3.48. The van der Waals surface area contributed by atoms with Gasteiger partial charge >= 0.3 is 5.97 Å². The number of hydrogen-bond donors (Lipinski definition) is 2. The van der Waals surface area contributed by atoms with Gasteiger partial charge in [0.1, 0.15) is 5.75 Å². The van der Waals surface area contributed by atoms with Crippen molar-refractivity contribution in [1.82, 2.24) is 0 Å². The van der Waals surface area contributed by atoms with Gasteiger partial charge in [0, 0.05) is 11.8 Å². The second kappa shape index (κ2) is 5.23. The summed E-state index contributed by atoms with van der Waals surface area (Å²) in [6, 6.07) is 14.2.